The van der Waals surface area contributed by atoms with Crippen molar-refractivity contribution in [2.45, 2.75) is 6.92 Å². The maximum atomic E-state index is 12.9. The molecule has 122 valence electrons. The van der Waals surface area contributed by atoms with Crippen LogP contribution in [0.3, 0.4) is 0 Å². The van der Waals surface area contributed by atoms with Gasteiger partial charge in [0.15, 0.2) is 0 Å². The number of para-hydroxylation sites is 1. The molecule has 1 aromatic heterocycles. The molecule has 0 saturated carbocycles. The summed E-state index contributed by atoms with van der Waals surface area (Å²) in [7, 11) is -3.20. The van der Waals surface area contributed by atoms with E-state index in [1.165, 1.54) is 10.6 Å². The second-order valence-electron chi connectivity index (χ2n) is 5.78. The van der Waals surface area contributed by atoms with Gasteiger partial charge in [-0.1, -0.05) is 18.2 Å². The molecule has 23 heavy (non-hydrogen) atoms. The van der Waals surface area contributed by atoms with E-state index >= 15 is 0 Å². The van der Waals surface area contributed by atoms with Crippen LogP contribution >= 0.6 is 0 Å². The summed E-state index contributed by atoms with van der Waals surface area (Å²) in [4.78, 5) is 19.0. The average molecular weight is 333 g/mol. The molecule has 1 aliphatic heterocycles. The minimum Gasteiger partial charge on any atom is -0.336 e. The molecule has 2 heterocycles. The van der Waals surface area contributed by atoms with Crippen LogP contribution in [0, 0.1) is 6.92 Å². The van der Waals surface area contributed by atoms with Crippen LogP contribution in [0.4, 0.5) is 0 Å². The van der Waals surface area contributed by atoms with E-state index in [1.807, 2.05) is 31.2 Å². The van der Waals surface area contributed by atoms with Crippen molar-refractivity contribution in [2.24, 2.45) is 0 Å². The third-order valence-electron chi connectivity index (χ3n) is 4.07. The SMILES string of the molecule is Cc1cc(C(=O)N2CCN(S(C)(=O)=O)CC2)c2ccccc2n1. The first-order valence-corrected chi connectivity index (χ1v) is 9.32. The van der Waals surface area contributed by atoms with Gasteiger partial charge in [-0.2, -0.15) is 4.31 Å². The van der Waals surface area contributed by atoms with Gasteiger partial charge in [-0.15, -0.1) is 0 Å². The monoisotopic (exact) mass is 333 g/mol. The predicted molar refractivity (Wildman–Crippen MR) is 88.8 cm³/mol. The zero-order chi connectivity index (χ0) is 16.6. The number of fused-ring (bicyclic) bond motifs is 1. The Hall–Kier alpha value is -1.99. The Morgan fingerprint density at radius 1 is 1.13 bits per heavy atom. The highest BCUT2D eigenvalue weighted by atomic mass is 32.2. The second kappa shape index (κ2) is 5.90. The van der Waals surface area contributed by atoms with Gasteiger partial charge in [-0.25, -0.2) is 8.42 Å². The number of benzene rings is 1. The summed E-state index contributed by atoms with van der Waals surface area (Å²) in [6, 6.07) is 9.36. The standard InChI is InChI=1S/C16H19N3O3S/c1-12-11-14(13-5-3-4-6-15(13)17-12)16(20)18-7-9-19(10-8-18)23(2,21)22/h3-6,11H,7-10H2,1-2H3. The Balaban J connectivity index is 1.88. The maximum Gasteiger partial charge on any atom is 0.254 e. The van der Waals surface area contributed by atoms with E-state index in [9.17, 15) is 13.2 Å². The van der Waals surface area contributed by atoms with Gasteiger partial charge in [0.05, 0.1) is 17.3 Å². The first-order valence-electron chi connectivity index (χ1n) is 7.47. The Labute approximate surface area is 135 Å². The second-order valence-corrected chi connectivity index (χ2v) is 7.77. The van der Waals surface area contributed by atoms with E-state index in [-0.39, 0.29) is 5.91 Å². The fraction of sp³-hybridized carbons (Fsp3) is 0.375. The number of hydrogen-bond acceptors (Lipinski definition) is 4. The predicted octanol–water partition coefficient (Wildman–Crippen LogP) is 1.26. The first-order chi connectivity index (χ1) is 10.9. The van der Waals surface area contributed by atoms with Gasteiger partial charge >= 0.3 is 0 Å². The van der Waals surface area contributed by atoms with Gasteiger partial charge in [0.2, 0.25) is 10.0 Å². The molecule has 0 N–H and O–H groups in total. The van der Waals surface area contributed by atoms with Crippen LogP contribution in [-0.2, 0) is 10.0 Å². The van der Waals surface area contributed by atoms with Crippen LogP contribution in [0.1, 0.15) is 16.1 Å². The molecule has 0 atom stereocenters. The Bertz CT molecular complexity index is 856. The molecule has 0 radical (unpaired) electrons. The molecular formula is C16H19N3O3S. The van der Waals surface area contributed by atoms with Gasteiger partial charge < -0.3 is 4.90 Å². The summed E-state index contributed by atoms with van der Waals surface area (Å²) < 4.78 is 24.5. The normalized spacial score (nSPS) is 16.7. The van der Waals surface area contributed by atoms with E-state index in [0.29, 0.717) is 31.7 Å². The average Bonchev–Trinajstić information content (AvgIpc) is 2.52. The molecule has 2 aromatic rings. The zero-order valence-corrected chi connectivity index (χ0v) is 14.0. The Morgan fingerprint density at radius 3 is 2.43 bits per heavy atom. The van der Waals surface area contributed by atoms with E-state index in [0.717, 1.165) is 16.6 Å². The molecule has 1 amide bonds. The molecule has 3 rings (SSSR count). The lowest BCUT2D eigenvalue weighted by molar-refractivity contribution is 0.0700. The summed E-state index contributed by atoms with van der Waals surface area (Å²) in [6.07, 6.45) is 1.20. The third kappa shape index (κ3) is 3.20. The van der Waals surface area contributed by atoms with E-state index in [4.69, 9.17) is 0 Å². The van der Waals surface area contributed by atoms with Gasteiger partial charge in [0.1, 0.15) is 0 Å². The topological polar surface area (TPSA) is 70.6 Å². The number of sulfonamides is 1. The largest absolute Gasteiger partial charge is 0.336 e. The molecule has 6 nitrogen and oxygen atoms in total. The number of pyridine rings is 1. The number of carbonyl (C=O) groups is 1. The lowest BCUT2D eigenvalue weighted by atomic mass is 10.1. The van der Waals surface area contributed by atoms with Crippen LogP contribution in [0.15, 0.2) is 30.3 Å². The molecule has 1 aromatic carbocycles. The first kappa shape index (κ1) is 15.9. The number of amides is 1. The van der Waals surface area contributed by atoms with Gasteiger partial charge in [0.25, 0.3) is 5.91 Å². The van der Waals surface area contributed by atoms with Crippen molar-refractivity contribution in [1.82, 2.24) is 14.2 Å². The quantitative estimate of drug-likeness (QED) is 0.829. The van der Waals surface area contributed by atoms with Crippen LogP contribution in [0.2, 0.25) is 0 Å². The van der Waals surface area contributed by atoms with Crippen molar-refractivity contribution < 1.29 is 13.2 Å². The molecule has 1 fully saturated rings. The molecule has 0 spiro atoms. The Kier molecular flexibility index (Phi) is 4.08. The van der Waals surface area contributed by atoms with Gasteiger partial charge in [0, 0.05) is 37.3 Å². The number of aromatic nitrogens is 1. The lowest BCUT2D eigenvalue weighted by Crippen LogP contribution is -2.50. The van der Waals surface area contributed by atoms with Gasteiger partial charge in [-0.05, 0) is 19.1 Å². The van der Waals surface area contributed by atoms with E-state index in [1.54, 1.807) is 11.0 Å². The van der Waals surface area contributed by atoms with Crippen molar-refractivity contribution >= 4 is 26.8 Å². The summed E-state index contributed by atoms with van der Waals surface area (Å²) in [5.41, 5.74) is 2.22. The minimum atomic E-state index is -3.20. The highest BCUT2D eigenvalue weighted by molar-refractivity contribution is 7.88. The number of piperazine rings is 1. The minimum absolute atomic E-state index is 0.0696. The van der Waals surface area contributed by atoms with Crippen molar-refractivity contribution in [3.63, 3.8) is 0 Å². The van der Waals surface area contributed by atoms with Crippen LogP contribution < -0.4 is 0 Å². The fourth-order valence-corrected chi connectivity index (χ4v) is 3.70. The van der Waals surface area contributed by atoms with Crippen molar-refractivity contribution in [3.8, 4) is 0 Å². The maximum absolute atomic E-state index is 12.9. The third-order valence-corrected chi connectivity index (χ3v) is 5.37. The van der Waals surface area contributed by atoms with Crippen molar-refractivity contribution in [3.05, 3.63) is 41.6 Å². The number of carbonyl (C=O) groups excluding carboxylic acids is 1. The molecule has 0 aliphatic carbocycles. The highest BCUT2D eigenvalue weighted by Crippen LogP contribution is 2.20. The summed E-state index contributed by atoms with van der Waals surface area (Å²) >= 11 is 0. The summed E-state index contributed by atoms with van der Waals surface area (Å²) in [5.74, 6) is -0.0696. The number of hydrogen-bond donors (Lipinski definition) is 0. The van der Waals surface area contributed by atoms with Crippen molar-refractivity contribution in [2.75, 3.05) is 32.4 Å². The molecule has 1 saturated heterocycles. The number of rotatable bonds is 2. The lowest BCUT2D eigenvalue weighted by Gasteiger charge is -2.33. The molecular weight excluding hydrogens is 314 g/mol. The zero-order valence-electron chi connectivity index (χ0n) is 13.2. The summed E-state index contributed by atoms with van der Waals surface area (Å²) in [6.45, 7) is 3.35. The summed E-state index contributed by atoms with van der Waals surface area (Å²) in [5, 5.41) is 0.827. The number of nitrogens with zero attached hydrogens (tertiary/aromatic N) is 3. The van der Waals surface area contributed by atoms with Crippen LogP contribution in [0.5, 0.6) is 0 Å². The van der Waals surface area contributed by atoms with E-state index in [2.05, 4.69) is 4.98 Å². The smallest absolute Gasteiger partial charge is 0.254 e. The fourth-order valence-electron chi connectivity index (χ4n) is 2.88. The Morgan fingerprint density at radius 2 is 1.78 bits per heavy atom. The molecule has 7 heteroatoms. The highest BCUT2D eigenvalue weighted by Gasteiger charge is 2.27. The van der Waals surface area contributed by atoms with E-state index < -0.39 is 10.0 Å². The van der Waals surface area contributed by atoms with Crippen LogP contribution in [0.25, 0.3) is 10.9 Å². The van der Waals surface area contributed by atoms with Gasteiger partial charge in [-0.3, -0.25) is 9.78 Å². The molecule has 0 bridgehead atoms. The van der Waals surface area contributed by atoms with Crippen LogP contribution in [-0.4, -0.2) is 60.9 Å². The molecule has 0 unspecified atom stereocenters. The van der Waals surface area contributed by atoms with Crippen molar-refractivity contribution in [1.29, 1.82) is 0 Å². The number of aryl methyl sites for hydroxylation is 1. The molecule has 1 aliphatic rings.